The van der Waals surface area contributed by atoms with E-state index in [0.29, 0.717) is 36.1 Å². The summed E-state index contributed by atoms with van der Waals surface area (Å²) in [5.41, 5.74) is 1.93. The van der Waals surface area contributed by atoms with Gasteiger partial charge < -0.3 is 20.5 Å². The largest absolute Gasteiger partial charge is 0.459 e. The number of fused-ring (bicyclic) bond motifs is 5. The van der Waals surface area contributed by atoms with E-state index in [-0.39, 0.29) is 41.2 Å². The van der Waals surface area contributed by atoms with Gasteiger partial charge in [0.25, 0.3) is 0 Å². The van der Waals surface area contributed by atoms with Crippen LogP contribution in [0.2, 0.25) is 0 Å². The number of rotatable bonds is 4. The highest BCUT2D eigenvalue weighted by Crippen LogP contribution is 2.67. The SMILES string of the molecule is CCC(=O)OC/C(=N\O)[C@H]1[C@@H](C)CC2[C@@H]3CCC4=CC(=N)C=C[C@]4(C)C3[C@@H](O)C[C@@]21C. The van der Waals surface area contributed by atoms with Crippen LogP contribution >= 0.6 is 0 Å². The number of hydrogen-bond donors (Lipinski definition) is 3. The molecule has 4 aliphatic rings. The van der Waals surface area contributed by atoms with E-state index in [1.165, 1.54) is 5.57 Å². The minimum Gasteiger partial charge on any atom is -0.459 e. The van der Waals surface area contributed by atoms with Crippen molar-refractivity contribution >= 4 is 17.4 Å². The molecule has 3 N–H and O–H groups in total. The summed E-state index contributed by atoms with van der Waals surface area (Å²) in [6.07, 6.45) is 9.48. The molecule has 0 saturated heterocycles. The number of aliphatic hydroxyl groups is 1. The lowest BCUT2D eigenvalue weighted by Crippen LogP contribution is -2.56. The first kappa shape index (κ1) is 22.3. The summed E-state index contributed by atoms with van der Waals surface area (Å²) in [5.74, 6) is 0.875. The van der Waals surface area contributed by atoms with Crippen LogP contribution in [0.3, 0.4) is 0 Å². The molecular formula is C25H36N2O4. The smallest absolute Gasteiger partial charge is 0.305 e. The highest BCUT2D eigenvalue weighted by Gasteiger charge is 2.63. The predicted octanol–water partition coefficient (Wildman–Crippen LogP) is 4.36. The van der Waals surface area contributed by atoms with E-state index < -0.39 is 6.10 Å². The number of hydrogen-bond acceptors (Lipinski definition) is 6. The van der Waals surface area contributed by atoms with Gasteiger partial charge in [0.15, 0.2) is 0 Å². The molecule has 0 spiro atoms. The third kappa shape index (κ3) is 3.38. The number of allylic oxidation sites excluding steroid dienone is 4. The first-order valence-electron chi connectivity index (χ1n) is 11.7. The van der Waals surface area contributed by atoms with Gasteiger partial charge >= 0.3 is 5.97 Å². The van der Waals surface area contributed by atoms with E-state index >= 15 is 0 Å². The van der Waals surface area contributed by atoms with Crippen LogP contribution in [-0.2, 0) is 9.53 Å². The van der Waals surface area contributed by atoms with Crippen molar-refractivity contribution in [1.29, 1.82) is 5.41 Å². The number of carbonyl (C=O) groups excluding carboxylic acids is 1. The van der Waals surface area contributed by atoms with Crippen LogP contribution in [0.15, 0.2) is 29.0 Å². The Bertz CT molecular complexity index is 862. The molecule has 0 aromatic rings. The summed E-state index contributed by atoms with van der Waals surface area (Å²) < 4.78 is 5.33. The molecule has 170 valence electrons. The number of carbonyl (C=O) groups is 1. The summed E-state index contributed by atoms with van der Waals surface area (Å²) in [4.78, 5) is 11.7. The van der Waals surface area contributed by atoms with E-state index in [1.807, 2.05) is 12.2 Å². The third-order valence-corrected chi connectivity index (χ3v) is 9.02. The predicted molar refractivity (Wildman–Crippen MR) is 119 cm³/mol. The summed E-state index contributed by atoms with van der Waals surface area (Å²) in [6, 6.07) is 0. The summed E-state index contributed by atoms with van der Waals surface area (Å²) in [6.45, 7) is 8.42. The van der Waals surface area contributed by atoms with Gasteiger partial charge in [-0.2, -0.15) is 0 Å². The molecule has 0 aromatic heterocycles. The van der Waals surface area contributed by atoms with Crippen molar-refractivity contribution in [2.45, 2.75) is 65.9 Å². The van der Waals surface area contributed by atoms with Gasteiger partial charge in [0.05, 0.1) is 17.5 Å². The van der Waals surface area contributed by atoms with Crippen LogP contribution in [0.1, 0.15) is 59.8 Å². The molecular weight excluding hydrogens is 392 g/mol. The number of nitrogens with zero attached hydrogens (tertiary/aromatic N) is 1. The van der Waals surface area contributed by atoms with Gasteiger partial charge in [0, 0.05) is 23.7 Å². The van der Waals surface area contributed by atoms with Crippen LogP contribution in [0.25, 0.3) is 0 Å². The Labute approximate surface area is 184 Å². The molecule has 8 atom stereocenters. The molecule has 0 aliphatic heterocycles. The zero-order chi connectivity index (χ0) is 22.6. The number of ether oxygens (including phenoxy) is 1. The maximum absolute atomic E-state index is 11.7. The van der Waals surface area contributed by atoms with Gasteiger partial charge in [-0.1, -0.05) is 44.5 Å². The topological polar surface area (TPSA) is 103 Å². The minimum absolute atomic E-state index is 0.0140. The van der Waals surface area contributed by atoms with Crippen molar-refractivity contribution in [3.8, 4) is 0 Å². The average Bonchev–Trinajstić information content (AvgIpc) is 2.99. The fourth-order valence-corrected chi connectivity index (χ4v) is 7.86. The highest BCUT2D eigenvalue weighted by molar-refractivity contribution is 6.03. The van der Waals surface area contributed by atoms with Crippen molar-refractivity contribution in [2.75, 3.05) is 6.61 Å². The molecule has 0 amide bonds. The zero-order valence-electron chi connectivity index (χ0n) is 19.1. The Balaban J connectivity index is 1.65. The van der Waals surface area contributed by atoms with Crippen LogP contribution in [-0.4, -0.2) is 40.4 Å². The molecule has 4 aliphatic carbocycles. The first-order chi connectivity index (χ1) is 14.7. The molecule has 0 bridgehead atoms. The molecule has 2 unspecified atom stereocenters. The molecule has 6 nitrogen and oxygen atoms in total. The maximum atomic E-state index is 11.7. The van der Waals surface area contributed by atoms with Crippen molar-refractivity contribution in [2.24, 2.45) is 45.6 Å². The van der Waals surface area contributed by atoms with Crippen LogP contribution in [0, 0.1) is 45.8 Å². The van der Waals surface area contributed by atoms with E-state index in [2.05, 4.69) is 32.0 Å². The average molecular weight is 429 g/mol. The van der Waals surface area contributed by atoms with Gasteiger partial charge in [0.1, 0.15) is 6.61 Å². The second kappa shape index (κ2) is 7.88. The molecule has 6 heteroatoms. The number of nitrogens with one attached hydrogen (secondary N) is 1. The third-order valence-electron chi connectivity index (χ3n) is 9.02. The normalized spacial score (nSPS) is 44.2. The maximum Gasteiger partial charge on any atom is 0.305 e. The van der Waals surface area contributed by atoms with Crippen molar-refractivity contribution in [1.82, 2.24) is 0 Å². The number of aliphatic hydroxyl groups excluding tert-OH is 1. The van der Waals surface area contributed by atoms with Crippen LogP contribution in [0.4, 0.5) is 0 Å². The molecule has 0 aromatic carbocycles. The standard InChI is InChI=1S/C25H36N2O4/c1-5-21(29)31-13-19(27-30)22-14(2)10-18-17-7-6-15-11-16(26)8-9-24(15,3)23(17)20(28)12-25(18,22)4/h8-9,11,14,17-18,20,22-23,26,28,30H,5-7,10,12-13H2,1-4H3/b26-16?,27-19+/t14-,17-,18?,20-,22+,23?,24-,25-/m0/s1. The second-order valence-electron chi connectivity index (χ2n) is 10.6. The van der Waals surface area contributed by atoms with E-state index in [9.17, 15) is 15.1 Å². The van der Waals surface area contributed by atoms with Crippen molar-refractivity contribution in [3.63, 3.8) is 0 Å². The molecule has 4 rings (SSSR count). The quantitative estimate of drug-likeness (QED) is 0.268. The van der Waals surface area contributed by atoms with Crippen molar-refractivity contribution in [3.05, 3.63) is 23.8 Å². The lowest BCUT2D eigenvalue weighted by Gasteiger charge is -2.58. The van der Waals surface area contributed by atoms with Gasteiger partial charge in [-0.05, 0) is 61.0 Å². The number of oxime groups is 1. The Morgan fingerprint density at radius 1 is 1.39 bits per heavy atom. The molecule has 3 fully saturated rings. The number of esters is 1. The lowest BCUT2D eigenvalue weighted by atomic mass is 9.46. The molecule has 0 heterocycles. The van der Waals surface area contributed by atoms with Gasteiger partial charge in [-0.25, -0.2) is 0 Å². The Morgan fingerprint density at radius 2 is 2.13 bits per heavy atom. The minimum atomic E-state index is -0.470. The summed E-state index contributed by atoms with van der Waals surface area (Å²) >= 11 is 0. The lowest BCUT2D eigenvalue weighted by molar-refractivity contribution is -0.141. The summed E-state index contributed by atoms with van der Waals surface area (Å²) in [5, 5.41) is 32.9. The Hall–Kier alpha value is -1.95. The molecule has 0 radical (unpaired) electrons. The first-order valence-corrected chi connectivity index (χ1v) is 11.7. The van der Waals surface area contributed by atoms with E-state index in [0.717, 1.165) is 19.3 Å². The monoisotopic (exact) mass is 428 g/mol. The highest BCUT2D eigenvalue weighted by atomic mass is 16.5. The van der Waals surface area contributed by atoms with Crippen molar-refractivity contribution < 1.29 is 19.8 Å². The Kier molecular flexibility index (Phi) is 5.65. The molecule has 31 heavy (non-hydrogen) atoms. The Morgan fingerprint density at radius 3 is 2.81 bits per heavy atom. The fraction of sp³-hybridized carbons (Fsp3) is 0.720. The van der Waals surface area contributed by atoms with Gasteiger partial charge in [0.2, 0.25) is 0 Å². The van der Waals surface area contributed by atoms with Gasteiger partial charge in [-0.3, -0.25) is 4.79 Å². The summed E-state index contributed by atoms with van der Waals surface area (Å²) in [7, 11) is 0. The van der Waals surface area contributed by atoms with Crippen LogP contribution in [0.5, 0.6) is 0 Å². The van der Waals surface area contributed by atoms with E-state index in [4.69, 9.17) is 10.1 Å². The second-order valence-corrected chi connectivity index (χ2v) is 10.6. The molecule has 3 saturated carbocycles. The fourth-order valence-electron chi connectivity index (χ4n) is 7.86. The van der Waals surface area contributed by atoms with Gasteiger partial charge in [-0.15, -0.1) is 0 Å². The van der Waals surface area contributed by atoms with Crippen LogP contribution < -0.4 is 0 Å². The van der Waals surface area contributed by atoms with E-state index in [1.54, 1.807) is 6.92 Å². The zero-order valence-corrected chi connectivity index (χ0v) is 19.1.